The lowest BCUT2D eigenvalue weighted by Gasteiger charge is -2.19. The minimum absolute atomic E-state index is 0.00683. The molecule has 25 heavy (non-hydrogen) atoms. The number of aromatic amines is 1. The Morgan fingerprint density at radius 3 is 2.76 bits per heavy atom. The smallest absolute Gasteiger partial charge is 0.272 e. The van der Waals surface area contributed by atoms with Gasteiger partial charge in [0, 0.05) is 10.9 Å². The van der Waals surface area contributed by atoms with Gasteiger partial charge in [-0.1, -0.05) is 49.2 Å². The first-order valence-electron chi connectivity index (χ1n) is 8.54. The van der Waals surface area contributed by atoms with Crippen LogP contribution in [-0.2, 0) is 0 Å². The molecule has 2 N–H and O–H groups in total. The number of hydrogen-bond donors (Lipinski definition) is 2. The van der Waals surface area contributed by atoms with Crippen molar-refractivity contribution in [1.82, 2.24) is 15.5 Å². The Morgan fingerprint density at radius 2 is 2.00 bits per heavy atom. The Kier molecular flexibility index (Phi) is 4.06. The fourth-order valence-corrected chi connectivity index (χ4v) is 3.12. The summed E-state index contributed by atoms with van der Waals surface area (Å²) in [5, 5.41) is 10.5. The van der Waals surface area contributed by atoms with Crippen molar-refractivity contribution in [1.29, 1.82) is 0 Å². The summed E-state index contributed by atoms with van der Waals surface area (Å²) in [4.78, 5) is 24.6. The standard InChI is InChI=1S/C20H19N3O2/c24-19(15-8-9-16-12-21-23-20(25)17(16)11-15)22-18(10-13-6-7-13)14-4-2-1-3-5-14/h1-5,8-9,11-13,18H,6-7,10H2,(H,22,24)(H,23,25). The van der Waals surface area contributed by atoms with Crippen molar-refractivity contribution in [3.05, 3.63) is 76.2 Å². The first kappa shape index (κ1) is 15.6. The second-order valence-electron chi connectivity index (χ2n) is 6.62. The zero-order valence-electron chi connectivity index (χ0n) is 13.7. The van der Waals surface area contributed by atoms with E-state index in [0.29, 0.717) is 16.9 Å². The number of benzene rings is 2. The number of fused-ring (bicyclic) bond motifs is 1. The molecule has 3 aromatic rings. The van der Waals surface area contributed by atoms with Crippen LogP contribution in [0.4, 0.5) is 0 Å². The number of carbonyl (C=O) groups excluding carboxylic acids is 1. The SMILES string of the molecule is O=C(NC(CC1CC1)c1ccccc1)c1ccc2cn[nH]c(=O)c2c1. The van der Waals surface area contributed by atoms with E-state index in [9.17, 15) is 9.59 Å². The van der Waals surface area contributed by atoms with Gasteiger partial charge in [0.2, 0.25) is 0 Å². The average Bonchev–Trinajstić information content (AvgIpc) is 3.46. The van der Waals surface area contributed by atoms with Crippen molar-refractivity contribution in [2.24, 2.45) is 5.92 Å². The van der Waals surface area contributed by atoms with E-state index in [1.807, 2.05) is 30.3 Å². The van der Waals surface area contributed by atoms with E-state index in [1.54, 1.807) is 24.4 Å². The third-order valence-electron chi connectivity index (χ3n) is 4.70. The molecule has 0 spiro atoms. The van der Waals surface area contributed by atoms with Gasteiger partial charge < -0.3 is 5.32 Å². The summed E-state index contributed by atoms with van der Waals surface area (Å²) in [6.45, 7) is 0. The lowest BCUT2D eigenvalue weighted by molar-refractivity contribution is 0.0933. The van der Waals surface area contributed by atoms with Crippen molar-refractivity contribution >= 4 is 16.7 Å². The van der Waals surface area contributed by atoms with E-state index in [2.05, 4.69) is 15.5 Å². The van der Waals surface area contributed by atoms with Gasteiger partial charge in [-0.15, -0.1) is 0 Å². The minimum Gasteiger partial charge on any atom is -0.345 e. The summed E-state index contributed by atoms with van der Waals surface area (Å²) in [5.41, 5.74) is 1.32. The number of nitrogens with zero attached hydrogens (tertiary/aromatic N) is 1. The third-order valence-corrected chi connectivity index (χ3v) is 4.70. The third kappa shape index (κ3) is 3.45. The number of H-pyrrole nitrogens is 1. The molecule has 0 radical (unpaired) electrons. The first-order valence-corrected chi connectivity index (χ1v) is 8.54. The molecule has 0 saturated heterocycles. The molecule has 0 bridgehead atoms. The Morgan fingerprint density at radius 1 is 1.20 bits per heavy atom. The molecule has 1 heterocycles. The molecular formula is C20H19N3O2. The molecule has 5 nitrogen and oxygen atoms in total. The molecule has 1 unspecified atom stereocenters. The lowest BCUT2D eigenvalue weighted by atomic mass is 10.0. The second-order valence-corrected chi connectivity index (χ2v) is 6.62. The van der Waals surface area contributed by atoms with Crippen LogP contribution in [0.5, 0.6) is 0 Å². The van der Waals surface area contributed by atoms with E-state index in [0.717, 1.165) is 17.4 Å². The second kappa shape index (κ2) is 6.51. The predicted octanol–water partition coefficient (Wildman–Crippen LogP) is 3.19. The highest BCUT2D eigenvalue weighted by Crippen LogP contribution is 2.37. The molecule has 0 aliphatic heterocycles. The van der Waals surface area contributed by atoms with Crippen LogP contribution in [0.15, 0.2) is 59.5 Å². The fourth-order valence-electron chi connectivity index (χ4n) is 3.12. The number of amides is 1. The zero-order chi connectivity index (χ0) is 17.2. The van der Waals surface area contributed by atoms with Gasteiger partial charge in [-0.3, -0.25) is 9.59 Å². The van der Waals surface area contributed by atoms with Crippen LogP contribution in [0, 0.1) is 5.92 Å². The van der Waals surface area contributed by atoms with E-state index in [1.165, 1.54) is 12.8 Å². The molecule has 1 aliphatic carbocycles. The molecule has 4 rings (SSSR count). The summed E-state index contributed by atoms with van der Waals surface area (Å²) >= 11 is 0. The maximum absolute atomic E-state index is 12.7. The van der Waals surface area contributed by atoms with Crippen molar-refractivity contribution in [2.75, 3.05) is 0 Å². The van der Waals surface area contributed by atoms with Crippen molar-refractivity contribution < 1.29 is 4.79 Å². The van der Waals surface area contributed by atoms with Gasteiger partial charge in [0.1, 0.15) is 0 Å². The topological polar surface area (TPSA) is 74.8 Å². The quantitative estimate of drug-likeness (QED) is 0.753. The van der Waals surface area contributed by atoms with Gasteiger partial charge in [-0.25, -0.2) is 5.10 Å². The van der Waals surface area contributed by atoms with Gasteiger partial charge in [-0.2, -0.15) is 5.10 Å². The fraction of sp³-hybridized carbons (Fsp3) is 0.250. The van der Waals surface area contributed by atoms with Crippen molar-refractivity contribution in [2.45, 2.75) is 25.3 Å². The van der Waals surface area contributed by atoms with E-state index in [4.69, 9.17) is 0 Å². The summed E-state index contributed by atoms with van der Waals surface area (Å²) in [6.07, 6.45) is 5.00. The van der Waals surface area contributed by atoms with Crippen molar-refractivity contribution in [3.63, 3.8) is 0 Å². The average molecular weight is 333 g/mol. The van der Waals surface area contributed by atoms with E-state index < -0.39 is 0 Å². The number of rotatable bonds is 5. The highest BCUT2D eigenvalue weighted by Gasteiger charge is 2.27. The molecule has 126 valence electrons. The minimum atomic E-state index is -0.287. The normalized spacial score (nSPS) is 15.0. The van der Waals surface area contributed by atoms with Gasteiger partial charge in [0.05, 0.1) is 17.6 Å². The maximum Gasteiger partial charge on any atom is 0.272 e. The van der Waals surface area contributed by atoms with Crippen LogP contribution < -0.4 is 10.9 Å². The molecule has 2 aromatic carbocycles. The largest absolute Gasteiger partial charge is 0.345 e. The predicted molar refractivity (Wildman–Crippen MR) is 96.4 cm³/mol. The van der Waals surface area contributed by atoms with Gasteiger partial charge in [-0.05, 0) is 30.0 Å². The van der Waals surface area contributed by atoms with Crippen LogP contribution in [0.25, 0.3) is 10.8 Å². The summed E-state index contributed by atoms with van der Waals surface area (Å²) < 4.78 is 0. The van der Waals surface area contributed by atoms with Crippen LogP contribution in [0.2, 0.25) is 0 Å². The summed E-state index contributed by atoms with van der Waals surface area (Å²) in [6, 6.07) is 15.2. The van der Waals surface area contributed by atoms with Crippen LogP contribution in [-0.4, -0.2) is 16.1 Å². The molecular weight excluding hydrogens is 314 g/mol. The maximum atomic E-state index is 12.7. The highest BCUT2D eigenvalue weighted by molar-refractivity contribution is 5.98. The van der Waals surface area contributed by atoms with Gasteiger partial charge >= 0.3 is 0 Å². The highest BCUT2D eigenvalue weighted by atomic mass is 16.1. The molecule has 1 aliphatic rings. The molecule has 5 heteroatoms. The Balaban J connectivity index is 1.60. The molecule has 1 saturated carbocycles. The monoisotopic (exact) mass is 333 g/mol. The zero-order valence-corrected chi connectivity index (χ0v) is 13.7. The van der Waals surface area contributed by atoms with Crippen LogP contribution in [0.3, 0.4) is 0 Å². The molecule has 1 amide bonds. The number of carbonyl (C=O) groups is 1. The summed E-state index contributed by atoms with van der Waals surface area (Å²) in [5.74, 6) is 0.531. The Bertz CT molecular complexity index is 961. The molecule has 1 atom stereocenters. The van der Waals surface area contributed by atoms with Crippen LogP contribution in [0.1, 0.15) is 41.2 Å². The molecule has 1 fully saturated rings. The first-order chi connectivity index (χ1) is 12.2. The van der Waals surface area contributed by atoms with Crippen molar-refractivity contribution in [3.8, 4) is 0 Å². The Hall–Kier alpha value is -2.95. The number of nitrogens with one attached hydrogen (secondary N) is 2. The Labute approximate surface area is 145 Å². The van der Waals surface area contributed by atoms with E-state index >= 15 is 0 Å². The van der Waals surface area contributed by atoms with Crippen LogP contribution >= 0.6 is 0 Å². The summed E-state index contributed by atoms with van der Waals surface area (Å²) in [7, 11) is 0. The number of hydrogen-bond acceptors (Lipinski definition) is 3. The van der Waals surface area contributed by atoms with Gasteiger partial charge in [0.15, 0.2) is 0 Å². The number of aromatic nitrogens is 2. The van der Waals surface area contributed by atoms with E-state index in [-0.39, 0.29) is 17.5 Å². The van der Waals surface area contributed by atoms with Gasteiger partial charge in [0.25, 0.3) is 11.5 Å². The molecule has 1 aromatic heterocycles. The lowest BCUT2D eigenvalue weighted by Crippen LogP contribution is -2.29.